The van der Waals surface area contributed by atoms with Crippen LogP contribution in [-0.4, -0.2) is 4.98 Å². The molecule has 0 aliphatic carbocycles. The monoisotopic (exact) mass is 242 g/mol. The van der Waals surface area contributed by atoms with Crippen LogP contribution in [0.15, 0.2) is 24.4 Å². The Bertz CT molecular complexity index is 484. The minimum Gasteiger partial charge on any atom is -0.326 e. The second-order valence-electron chi connectivity index (χ2n) is 2.96. The van der Waals surface area contributed by atoms with Crippen LogP contribution in [0.25, 0.3) is 10.6 Å². The summed E-state index contributed by atoms with van der Waals surface area (Å²) in [5, 5.41) is 1.13. The van der Waals surface area contributed by atoms with Crippen LogP contribution < -0.4 is 5.73 Å². The second kappa shape index (κ2) is 4.26. The molecule has 0 bridgehead atoms. The molecular formula is C10H8ClFN2S. The minimum absolute atomic E-state index is 0.348. The highest BCUT2D eigenvalue weighted by Gasteiger charge is 2.08. The van der Waals surface area contributed by atoms with Gasteiger partial charge in [0.05, 0.1) is 5.02 Å². The third-order valence-corrected chi connectivity index (χ3v) is 3.28. The van der Waals surface area contributed by atoms with Crippen LogP contribution in [-0.2, 0) is 6.54 Å². The molecule has 78 valence electrons. The first-order valence-electron chi connectivity index (χ1n) is 4.31. The van der Waals surface area contributed by atoms with Gasteiger partial charge in [0.1, 0.15) is 10.8 Å². The molecule has 5 heteroatoms. The van der Waals surface area contributed by atoms with Crippen LogP contribution in [0.4, 0.5) is 4.39 Å². The summed E-state index contributed by atoms with van der Waals surface area (Å²) in [5.74, 6) is -0.348. The number of benzene rings is 1. The minimum atomic E-state index is -0.348. The molecule has 0 saturated carbocycles. The maximum Gasteiger partial charge on any atom is 0.125 e. The summed E-state index contributed by atoms with van der Waals surface area (Å²) in [7, 11) is 0. The van der Waals surface area contributed by atoms with Crippen LogP contribution >= 0.6 is 22.9 Å². The topological polar surface area (TPSA) is 38.9 Å². The van der Waals surface area contributed by atoms with Crippen LogP contribution in [0.3, 0.4) is 0 Å². The maximum atomic E-state index is 12.8. The van der Waals surface area contributed by atoms with E-state index in [9.17, 15) is 4.39 Å². The van der Waals surface area contributed by atoms with Crippen molar-refractivity contribution in [3.63, 3.8) is 0 Å². The summed E-state index contributed by atoms with van der Waals surface area (Å²) in [5.41, 5.74) is 6.22. The van der Waals surface area contributed by atoms with Gasteiger partial charge < -0.3 is 5.73 Å². The highest BCUT2D eigenvalue weighted by atomic mass is 35.5. The van der Waals surface area contributed by atoms with Gasteiger partial charge in [-0.05, 0) is 18.2 Å². The largest absolute Gasteiger partial charge is 0.326 e. The lowest BCUT2D eigenvalue weighted by atomic mass is 10.2. The third-order valence-electron chi connectivity index (χ3n) is 1.92. The van der Waals surface area contributed by atoms with Crippen molar-refractivity contribution in [3.8, 4) is 10.6 Å². The molecule has 1 aromatic heterocycles. The van der Waals surface area contributed by atoms with Crippen molar-refractivity contribution in [2.75, 3.05) is 0 Å². The van der Waals surface area contributed by atoms with Gasteiger partial charge in [-0.25, -0.2) is 9.37 Å². The highest BCUT2D eigenvalue weighted by molar-refractivity contribution is 7.15. The van der Waals surface area contributed by atoms with Crippen molar-refractivity contribution in [2.45, 2.75) is 6.54 Å². The Morgan fingerprint density at radius 3 is 2.87 bits per heavy atom. The summed E-state index contributed by atoms with van der Waals surface area (Å²) in [6, 6.07) is 4.27. The van der Waals surface area contributed by atoms with Gasteiger partial charge in [-0.1, -0.05) is 11.6 Å². The number of hydrogen-bond acceptors (Lipinski definition) is 3. The van der Waals surface area contributed by atoms with Crippen molar-refractivity contribution in [3.05, 3.63) is 40.1 Å². The highest BCUT2D eigenvalue weighted by Crippen LogP contribution is 2.31. The molecule has 0 unspecified atom stereocenters. The molecule has 0 atom stereocenters. The lowest BCUT2D eigenvalue weighted by molar-refractivity contribution is 0.628. The molecule has 0 radical (unpaired) electrons. The molecule has 2 aromatic rings. The van der Waals surface area contributed by atoms with Gasteiger partial charge >= 0.3 is 0 Å². The average molecular weight is 243 g/mol. The summed E-state index contributed by atoms with van der Waals surface area (Å²) in [4.78, 5) is 5.16. The molecule has 2 nitrogen and oxygen atoms in total. The molecule has 0 aliphatic heterocycles. The van der Waals surface area contributed by atoms with Crippen molar-refractivity contribution in [1.29, 1.82) is 0 Å². The zero-order valence-electron chi connectivity index (χ0n) is 7.71. The van der Waals surface area contributed by atoms with Crippen molar-refractivity contribution in [2.24, 2.45) is 5.73 Å². The first kappa shape index (κ1) is 10.5. The molecule has 0 spiro atoms. The van der Waals surface area contributed by atoms with Gasteiger partial charge in [0.25, 0.3) is 0 Å². The lowest BCUT2D eigenvalue weighted by Crippen LogP contribution is -1.91. The molecule has 2 N–H and O–H groups in total. The number of nitrogens with zero attached hydrogens (tertiary/aromatic N) is 1. The van der Waals surface area contributed by atoms with Crippen LogP contribution in [0.1, 0.15) is 4.88 Å². The van der Waals surface area contributed by atoms with Crippen LogP contribution in [0.5, 0.6) is 0 Å². The van der Waals surface area contributed by atoms with E-state index in [1.54, 1.807) is 12.3 Å². The van der Waals surface area contributed by atoms with E-state index in [2.05, 4.69) is 4.98 Å². The number of halogens is 2. The molecule has 1 heterocycles. The molecule has 0 fully saturated rings. The van der Waals surface area contributed by atoms with E-state index in [0.29, 0.717) is 11.6 Å². The average Bonchev–Trinajstić information content (AvgIpc) is 2.66. The Morgan fingerprint density at radius 2 is 2.27 bits per heavy atom. The number of thiazole rings is 1. The molecule has 15 heavy (non-hydrogen) atoms. The van der Waals surface area contributed by atoms with Crippen LogP contribution in [0.2, 0.25) is 5.02 Å². The fraction of sp³-hybridized carbons (Fsp3) is 0.100. The fourth-order valence-electron chi connectivity index (χ4n) is 1.19. The van der Waals surface area contributed by atoms with Crippen molar-refractivity contribution >= 4 is 22.9 Å². The normalized spacial score (nSPS) is 10.6. The van der Waals surface area contributed by atoms with Gasteiger partial charge in [0, 0.05) is 23.2 Å². The lowest BCUT2D eigenvalue weighted by Gasteiger charge is -1.99. The summed E-state index contributed by atoms with van der Waals surface area (Å²) >= 11 is 7.37. The summed E-state index contributed by atoms with van der Waals surface area (Å²) < 4.78 is 12.8. The van der Waals surface area contributed by atoms with Crippen molar-refractivity contribution in [1.82, 2.24) is 4.98 Å². The predicted molar refractivity (Wildman–Crippen MR) is 60.4 cm³/mol. The maximum absolute atomic E-state index is 12.8. The van der Waals surface area contributed by atoms with E-state index in [1.807, 2.05) is 0 Å². The first-order valence-corrected chi connectivity index (χ1v) is 5.50. The van der Waals surface area contributed by atoms with Gasteiger partial charge in [-0.2, -0.15) is 0 Å². The zero-order valence-corrected chi connectivity index (χ0v) is 9.28. The molecule has 2 rings (SSSR count). The third kappa shape index (κ3) is 2.17. The number of aromatic nitrogens is 1. The standard InChI is InChI=1S/C10H8ClFN2S/c11-9-3-6(12)1-2-8(9)10-14-5-7(4-13)15-10/h1-3,5H,4,13H2. The van der Waals surface area contributed by atoms with Gasteiger partial charge in [0.2, 0.25) is 0 Å². The SMILES string of the molecule is NCc1cnc(-c2ccc(F)cc2Cl)s1. The van der Waals surface area contributed by atoms with E-state index in [-0.39, 0.29) is 5.82 Å². The quantitative estimate of drug-likeness (QED) is 0.879. The second-order valence-corrected chi connectivity index (χ2v) is 4.48. The van der Waals surface area contributed by atoms with Gasteiger partial charge in [0.15, 0.2) is 0 Å². The molecular weight excluding hydrogens is 235 g/mol. The Morgan fingerprint density at radius 1 is 1.47 bits per heavy atom. The number of hydrogen-bond donors (Lipinski definition) is 1. The van der Waals surface area contributed by atoms with Crippen LogP contribution in [0, 0.1) is 5.82 Å². The van der Waals surface area contributed by atoms with E-state index in [0.717, 1.165) is 15.4 Å². The first-order chi connectivity index (χ1) is 7.20. The molecule has 0 saturated heterocycles. The fourth-order valence-corrected chi connectivity index (χ4v) is 2.33. The zero-order chi connectivity index (χ0) is 10.8. The van der Waals surface area contributed by atoms with Crippen molar-refractivity contribution < 1.29 is 4.39 Å². The summed E-state index contributed by atoms with van der Waals surface area (Å²) in [6.45, 7) is 0.455. The van der Waals surface area contributed by atoms with E-state index in [4.69, 9.17) is 17.3 Å². The van der Waals surface area contributed by atoms with E-state index < -0.39 is 0 Å². The predicted octanol–water partition coefficient (Wildman–Crippen LogP) is 3.06. The Kier molecular flexibility index (Phi) is 3.00. The summed E-state index contributed by atoms with van der Waals surface area (Å²) in [6.07, 6.45) is 1.71. The Balaban J connectivity index is 2.44. The molecule has 0 amide bonds. The van der Waals surface area contributed by atoms with E-state index in [1.165, 1.54) is 23.5 Å². The Hall–Kier alpha value is -0.970. The number of rotatable bonds is 2. The molecule has 1 aromatic carbocycles. The number of nitrogens with two attached hydrogens (primary N) is 1. The Labute approximate surface area is 95.5 Å². The molecule has 0 aliphatic rings. The van der Waals surface area contributed by atoms with Gasteiger partial charge in [-0.3, -0.25) is 0 Å². The van der Waals surface area contributed by atoms with E-state index >= 15 is 0 Å². The smallest absolute Gasteiger partial charge is 0.125 e. The van der Waals surface area contributed by atoms with Gasteiger partial charge in [-0.15, -0.1) is 11.3 Å².